The molecular weight excluding hydrogens is 402 g/mol. The van der Waals surface area contributed by atoms with Crippen LogP contribution in [0.4, 0.5) is 13.7 Å². The molecule has 1 aliphatic heterocycles. The van der Waals surface area contributed by atoms with Crippen molar-refractivity contribution in [3.8, 4) is 0 Å². The third kappa shape index (κ3) is 4.74. The maximum Gasteiger partial charge on any atom is 0.407 e. The minimum atomic E-state index is -0.583. The zero-order chi connectivity index (χ0) is 21.6. The van der Waals surface area contributed by atoms with Gasteiger partial charge < -0.3 is 19.9 Å². The molecule has 0 saturated carbocycles. The van der Waals surface area contributed by atoms with Crippen LogP contribution < -0.4 is 10.6 Å². The predicted octanol–water partition coefficient (Wildman–Crippen LogP) is 4.43. The van der Waals surface area contributed by atoms with E-state index in [-0.39, 0.29) is 19.2 Å². The van der Waals surface area contributed by atoms with Gasteiger partial charge in [0.25, 0.3) is 0 Å². The Morgan fingerprint density at radius 1 is 1.23 bits per heavy atom. The highest BCUT2D eigenvalue weighted by Crippen LogP contribution is 2.32. The van der Waals surface area contributed by atoms with E-state index >= 15 is 0 Å². The van der Waals surface area contributed by atoms with E-state index in [1.165, 1.54) is 12.1 Å². The van der Waals surface area contributed by atoms with Crippen LogP contribution in [0, 0.1) is 5.82 Å². The van der Waals surface area contributed by atoms with E-state index in [2.05, 4.69) is 20.4 Å². The van der Waals surface area contributed by atoms with Crippen molar-refractivity contribution >= 4 is 23.2 Å². The summed E-state index contributed by atoms with van der Waals surface area (Å²) in [4.78, 5) is 12.3. The Morgan fingerprint density at radius 3 is 2.74 bits per heavy atom. The van der Waals surface area contributed by atoms with Crippen molar-refractivity contribution in [2.24, 2.45) is 5.21 Å². The summed E-state index contributed by atoms with van der Waals surface area (Å²) in [6.07, 6.45) is 2.24. The van der Waals surface area contributed by atoms with Gasteiger partial charge in [-0.25, -0.2) is 9.18 Å². The molecule has 1 aliphatic rings. The molecule has 8 heteroatoms. The highest BCUT2D eigenvalue weighted by molar-refractivity contribution is 6.01. The molecule has 6 nitrogen and oxygen atoms in total. The van der Waals surface area contributed by atoms with E-state index in [4.69, 9.17) is 4.74 Å². The molecule has 0 aliphatic carbocycles. The van der Waals surface area contributed by atoms with Crippen molar-refractivity contribution in [2.45, 2.75) is 32.0 Å². The van der Waals surface area contributed by atoms with Gasteiger partial charge in [-0.3, -0.25) is 0 Å². The number of amides is 1. The van der Waals surface area contributed by atoms with Crippen LogP contribution in [0.15, 0.2) is 53.7 Å². The fourth-order valence-corrected chi connectivity index (χ4v) is 4.15. The molecule has 2 heterocycles. The summed E-state index contributed by atoms with van der Waals surface area (Å²) in [6, 6.07) is 14.0. The number of nitrogens with one attached hydrogen (secondary N) is 2. The van der Waals surface area contributed by atoms with Crippen molar-refractivity contribution in [2.75, 3.05) is 13.1 Å². The predicted molar refractivity (Wildman–Crippen MR) is 115 cm³/mol. The molecule has 1 aromatic heterocycles. The first-order chi connectivity index (χ1) is 15.2. The van der Waals surface area contributed by atoms with Crippen molar-refractivity contribution in [3.05, 3.63) is 71.2 Å². The van der Waals surface area contributed by atoms with Crippen molar-refractivity contribution in [1.82, 2.24) is 15.2 Å². The minimum Gasteiger partial charge on any atom is -0.445 e. The Bertz CT molecular complexity index is 1080. The smallest absolute Gasteiger partial charge is 0.407 e. The summed E-state index contributed by atoms with van der Waals surface area (Å²) in [7, 11) is 0. The molecule has 1 fully saturated rings. The van der Waals surface area contributed by atoms with Crippen LogP contribution >= 0.6 is 0 Å². The Kier molecular flexibility index (Phi) is 6.57. The van der Waals surface area contributed by atoms with E-state index in [1.807, 2.05) is 30.3 Å². The number of hydrogen-bond acceptors (Lipinski definition) is 4. The van der Waals surface area contributed by atoms with Crippen LogP contribution in [0.1, 0.15) is 35.7 Å². The fourth-order valence-electron chi connectivity index (χ4n) is 4.15. The van der Waals surface area contributed by atoms with Crippen LogP contribution in [0.2, 0.25) is 0 Å². The van der Waals surface area contributed by atoms with Crippen molar-refractivity contribution in [3.63, 3.8) is 0 Å². The molecular formula is C23H24F2N4O2. The lowest BCUT2D eigenvalue weighted by molar-refractivity contribution is 0.139. The molecule has 1 amide bonds. The molecule has 162 valence electrons. The number of nitrogens with zero attached hydrogens (tertiary/aromatic N) is 2. The summed E-state index contributed by atoms with van der Waals surface area (Å²) in [5, 5.41) is 9.33. The summed E-state index contributed by atoms with van der Waals surface area (Å²) in [5.74, 6) is -0.412. The molecule has 2 N–H and O–H groups in total. The summed E-state index contributed by atoms with van der Waals surface area (Å²) in [6.45, 7) is 1.96. The SMILES string of the molecule is O=C(NCc1c(C=NF)c2cc(F)ccc2n1C1CCNCC1)OCc1ccccc1. The molecule has 1 saturated heterocycles. The number of alkyl carbamates (subject to hydrolysis) is 1. The van der Waals surface area contributed by atoms with Gasteiger partial charge in [-0.2, -0.15) is 0 Å². The van der Waals surface area contributed by atoms with Gasteiger partial charge in [0.1, 0.15) is 12.4 Å². The molecule has 0 unspecified atom stereocenters. The third-order valence-corrected chi connectivity index (χ3v) is 5.57. The molecule has 4 rings (SSSR count). The third-order valence-electron chi connectivity index (χ3n) is 5.57. The Balaban J connectivity index is 1.61. The van der Waals surface area contributed by atoms with Gasteiger partial charge >= 0.3 is 6.09 Å². The van der Waals surface area contributed by atoms with Crippen molar-refractivity contribution < 1.29 is 18.4 Å². The van der Waals surface area contributed by atoms with Crippen LogP contribution in [-0.2, 0) is 17.9 Å². The lowest BCUT2D eigenvalue weighted by atomic mass is 10.1. The number of carbonyl (C=O) groups is 1. The fraction of sp³-hybridized carbons (Fsp3) is 0.304. The first-order valence-electron chi connectivity index (χ1n) is 10.3. The second kappa shape index (κ2) is 9.70. The van der Waals surface area contributed by atoms with Crippen LogP contribution in [0.25, 0.3) is 10.9 Å². The van der Waals surface area contributed by atoms with E-state index in [1.54, 1.807) is 6.07 Å². The van der Waals surface area contributed by atoms with E-state index in [9.17, 15) is 13.7 Å². The normalized spacial score (nSPS) is 14.9. The number of carbonyl (C=O) groups excluding carboxylic acids is 1. The Hall–Kier alpha value is -3.26. The van der Waals surface area contributed by atoms with Crippen molar-refractivity contribution in [1.29, 1.82) is 0 Å². The molecule has 0 spiro atoms. The molecule has 2 aromatic carbocycles. The zero-order valence-corrected chi connectivity index (χ0v) is 17.0. The first kappa shape index (κ1) is 21.0. The maximum atomic E-state index is 14.0. The second-order valence-corrected chi connectivity index (χ2v) is 7.51. The minimum absolute atomic E-state index is 0.106. The highest BCUT2D eigenvalue weighted by atomic mass is 19.2. The Labute approximate surface area is 178 Å². The van der Waals surface area contributed by atoms with Gasteiger partial charge in [-0.05, 0) is 49.7 Å². The van der Waals surface area contributed by atoms with E-state index in [0.29, 0.717) is 16.6 Å². The summed E-state index contributed by atoms with van der Waals surface area (Å²) < 4.78 is 34.3. The number of piperidine rings is 1. The lowest BCUT2D eigenvalue weighted by Crippen LogP contribution is -2.31. The number of benzene rings is 2. The standard InChI is InChI=1S/C23H24F2N4O2/c24-17-6-7-21-19(12-17)20(13-28-25)22(29(21)18-8-10-26-11-9-18)14-27-23(30)31-15-16-4-2-1-3-5-16/h1-7,12-13,18,26H,8-11,14-15H2,(H,27,30). The van der Waals surface area contributed by atoms with Gasteiger partial charge in [0.15, 0.2) is 0 Å². The average molecular weight is 426 g/mol. The second-order valence-electron chi connectivity index (χ2n) is 7.51. The Morgan fingerprint density at radius 2 is 2.00 bits per heavy atom. The number of hydrogen-bond donors (Lipinski definition) is 2. The highest BCUT2D eigenvalue weighted by Gasteiger charge is 2.24. The van der Waals surface area contributed by atoms with Crippen LogP contribution in [0.5, 0.6) is 0 Å². The molecule has 0 radical (unpaired) electrons. The van der Waals surface area contributed by atoms with Gasteiger partial charge in [-0.1, -0.05) is 40.0 Å². The van der Waals surface area contributed by atoms with Crippen LogP contribution in [0.3, 0.4) is 0 Å². The first-order valence-corrected chi connectivity index (χ1v) is 10.3. The number of rotatable bonds is 6. The number of halogens is 2. The molecule has 3 aromatic rings. The zero-order valence-electron chi connectivity index (χ0n) is 17.0. The average Bonchev–Trinajstić information content (AvgIpc) is 3.10. The summed E-state index contributed by atoms with van der Waals surface area (Å²) in [5.41, 5.74) is 2.80. The van der Waals surface area contributed by atoms with Gasteiger partial charge in [0.2, 0.25) is 0 Å². The topological polar surface area (TPSA) is 67.7 Å². The number of ether oxygens (including phenoxy) is 1. The largest absolute Gasteiger partial charge is 0.445 e. The lowest BCUT2D eigenvalue weighted by Gasteiger charge is -2.27. The molecule has 0 atom stereocenters. The van der Waals surface area contributed by atoms with Crippen LogP contribution in [-0.4, -0.2) is 30.0 Å². The summed E-state index contributed by atoms with van der Waals surface area (Å²) >= 11 is 0. The quantitative estimate of drug-likeness (QED) is 0.573. The number of fused-ring (bicyclic) bond motifs is 1. The van der Waals surface area contributed by atoms with E-state index in [0.717, 1.165) is 43.2 Å². The molecule has 0 bridgehead atoms. The number of aromatic nitrogens is 1. The maximum absolute atomic E-state index is 14.0. The molecule has 31 heavy (non-hydrogen) atoms. The van der Waals surface area contributed by atoms with Gasteiger partial charge in [-0.15, -0.1) is 0 Å². The van der Waals surface area contributed by atoms with Gasteiger partial charge in [0, 0.05) is 28.2 Å². The monoisotopic (exact) mass is 426 g/mol. The van der Waals surface area contributed by atoms with Gasteiger partial charge in [0.05, 0.1) is 12.8 Å². The van der Waals surface area contributed by atoms with E-state index < -0.39 is 11.9 Å².